The van der Waals surface area contributed by atoms with Crippen molar-refractivity contribution >= 4 is 5.82 Å². The Hall–Kier alpha value is -1.09. The molecular weight excluding hydrogens is 212 g/mol. The van der Waals surface area contributed by atoms with Crippen molar-refractivity contribution in [2.75, 3.05) is 18.0 Å². The van der Waals surface area contributed by atoms with Gasteiger partial charge in [0.05, 0.1) is 6.61 Å². The van der Waals surface area contributed by atoms with Gasteiger partial charge in [-0.15, -0.1) is 0 Å². The molecule has 0 atom stereocenters. The summed E-state index contributed by atoms with van der Waals surface area (Å²) in [5, 5.41) is 9.52. The Labute approximate surface area is 103 Å². The standard InChI is InChI=1S/C14H22N2O/c1-4-16(8-12-5-6-12)14-13(9-17)10(2)7-11(3)15-14/h7,12,17H,4-6,8-9H2,1-3H3. The van der Waals surface area contributed by atoms with E-state index in [2.05, 4.69) is 23.7 Å². The summed E-state index contributed by atoms with van der Waals surface area (Å²) in [6, 6.07) is 2.04. The normalized spacial score (nSPS) is 15.1. The zero-order chi connectivity index (χ0) is 12.4. The van der Waals surface area contributed by atoms with Crippen LogP contribution in [-0.4, -0.2) is 23.2 Å². The van der Waals surface area contributed by atoms with Crippen LogP contribution in [0.15, 0.2) is 6.07 Å². The molecule has 1 aromatic rings. The number of aliphatic hydroxyl groups excluding tert-OH is 1. The van der Waals surface area contributed by atoms with Crippen LogP contribution >= 0.6 is 0 Å². The molecule has 1 aliphatic carbocycles. The molecule has 0 aromatic carbocycles. The molecule has 1 N–H and O–H groups in total. The van der Waals surface area contributed by atoms with Crippen LogP contribution in [0.25, 0.3) is 0 Å². The third-order valence-electron chi connectivity index (χ3n) is 3.47. The van der Waals surface area contributed by atoms with Gasteiger partial charge in [-0.1, -0.05) is 0 Å². The maximum atomic E-state index is 9.52. The first kappa shape index (κ1) is 12.4. The molecule has 0 aliphatic heterocycles. The van der Waals surface area contributed by atoms with Crippen LogP contribution in [0.5, 0.6) is 0 Å². The van der Waals surface area contributed by atoms with E-state index >= 15 is 0 Å². The van der Waals surface area contributed by atoms with Gasteiger partial charge >= 0.3 is 0 Å². The molecule has 1 fully saturated rings. The molecule has 0 radical (unpaired) electrons. The number of nitrogens with zero attached hydrogens (tertiary/aromatic N) is 2. The van der Waals surface area contributed by atoms with Gasteiger partial charge in [0.1, 0.15) is 5.82 Å². The Morgan fingerprint density at radius 3 is 2.65 bits per heavy atom. The van der Waals surface area contributed by atoms with Gasteiger partial charge in [-0.2, -0.15) is 0 Å². The Morgan fingerprint density at radius 2 is 2.12 bits per heavy atom. The first-order chi connectivity index (χ1) is 8.15. The second-order valence-electron chi connectivity index (χ2n) is 5.02. The Balaban J connectivity index is 2.32. The minimum absolute atomic E-state index is 0.0790. The van der Waals surface area contributed by atoms with E-state index in [1.54, 1.807) is 0 Å². The minimum atomic E-state index is 0.0790. The third kappa shape index (κ3) is 2.78. The van der Waals surface area contributed by atoms with Crippen molar-refractivity contribution in [2.24, 2.45) is 5.92 Å². The molecule has 17 heavy (non-hydrogen) atoms. The summed E-state index contributed by atoms with van der Waals surface area (Å²) in [4.78, 5) is 6.93. The second-order valence-corrected chi connectivity index (χ2v) is 5.02. The average Bonchev–Trinajstić information content (AvgIpc) is 3.08. The quantitative estimate of drug-likeness (QED) is 0.850. The summed E-state index contributed by atoms with van der Waals surface area (Å²) in [6.45, 7) is 8.34. The van der Waals surface area contributed by atoms with Gasteiger partial charge in [0.25, 0.3) is 0 Å². The molecule has 2 rings (SSSR count). The number of aromatic nitrogens is 1. The Kier molecular flexibility index (Phi) is 3.67. The minimum Gasteiger partial charge on any atom is -0.392 e. The Morgan fingerprint density at radius 1 is 1.41 bits per heavy atom. The second kappa shape index (κ2) is 5.05. The number of hydrogen-bond donors (Lipinski definition) is 1. The molecule has 0 spiro atoms. The van der Waals surface area contributed by atoms with Crippen molar-refractivity contribution in [3.05, 3.63) is 22.9 Å². The lowest BCUT2D eigenvalue weighted by molar-refractivity contribution is 0.280. The van der Waals surface area contributed by atoms with E-state index in [1.807, 2.05) is 13.0 Å². The summed E-state index contributed by atoms with van der Waals surface area (Å²) < 4.78 is 0. The van der Waals surface area contributed by atoms with Crippen molar-refractivity contribution in [1.82, 2.24) is 4.98 Å². The SMILES string of the molecule is CCN(CC1CC1)c1nc(C)cc(C)c1CO. The summed E-state index contributed by atoms with van der Waals surface area (Å²) >= 11 is 0. The van der Waals surface area contributed by atoms with Crippen LogP contribution < -0.4 is 4.90 Å². The van der Waals surface area contributed by atoms with Crippen molar-refractivity contribution < 1.29 is 5.11 Å². The van der Waals surface area contributed by atoms with Crippen LogP contribution in [0.3, 0.4) is 0 Å². The maximum absolute atomic E-state index is 9.52. The molecule has 0 unspecified atom stereocenters. The van der Waals surface area contributed by atoms with Gasteiger partial charge in [0, 0.05) is 24.3 Å². The number of pyridine rings is 1. The number of aryl methyl sites for hydroxylation is 2. The lowest BCUT2D eigenvalue weighted by Gasteiger charge is -2.25. The van der Waals surface area contributed by atoms with E-state index in [4.69, 9.17) is 0 Å². The summed E-state index contributed by atoms with van der Waals surface area (Å²) in [7, 11) is 0. The predicted octanol–water partition coefficient (Wildman–Crippen LogP) is 2.43. The molecule has 3 nitrogen and oxygen atoms in total. The van der Waals surface area contributed by atoms with E-state index in [9.17, 15) is 5.11 Å². The fourth-order valence-corrected chi connectivity index (χ4v) is 2.28. The van der Waals surface area contributed by atoms with Gasteiger partial charge in [0.15, 0.2) is 0 Å². The average molecular weight is 234 g/mol. The summed E-state index contributed by atoms with van der Waals surface area (Å²) in [5.74, 6) is 1.82. The smallest absolute Gasteiger partial charge is 0.134 e. The monoisotopic (exact) mass is 234 g/mol. The molecule has 94 valence electrons. The van der Waals surface area contributed by atoms with Crippen molar-refractivity contribution in [3.8, 4) is 0 Å². The van der Waals surface area contributed by atoms with Gasteiger partial charge in [-0.25, -0.2) is 4.98 Å². The summed E-state index contributed by atoms with van der Waals surface area (Å²) in [6.07, 6.45) is 2.69. The molecule has 1 aliphatic rings. The highest BCUT2D eigenvalue weighted by molar-refractivity contribution is 5.51. The van der Waals surface area contributed by atoms with Gasteiger partial charge in [-0.05, 0) is 51.2 Å². The largest absolute Gasteiger partial charge is 0.392 e. The van der Waals surface area contributed by atoms with Crippen molar-refractivity contribution in [3.63, 3.8) is 0 Å². The number of anilines is 1. The maximum Gasteiger partial charge on any atom is 0.134 e. The van der Waals surface area contributed by atoms with Crippen LogP contribution in [0.4, 0.5) is 5.82 Å². The third-order valence-corrected chi connectivity index (χ3v) is 3.47. The fourth-order valence-electron chi connectivity index (χ4n) is 2.28. The highest BCUT2D eigenvalue weighted by Gasteiger charge is 2.25. The van der Waals surface area contributed by atoms with Crippen LogP contribution in [0.2, 0.25) is 0 Å². The van der Waals surface area contributed by atoms with Gasteiger partial charge < -0.3 is 10.0 Å². The van der Waals surface area contributed by atoms with Crippen molar-refractivity contribution in [1.29, 1.82) is 0 Å². The van der Waals surface area contributed by atoms with E-state index in [0.29, 0.717) is 0 Å². The summed E-state index contributed by atoms with van der Waals surface area (Å²) in [5.41, 5.74) is 3.16. The molecule has 0 bridgehead atoms. The zero-order valence-corrected chi connectivity index (χ0v) is 11.0. The molecule has 0 saturated heterocycles. The lowest BCUT2D eigenvalue weighted by atomic mass is 10.1. The molecule has 0 amide bonds. The van der Waals surface area contributed by atoms with Crippen molar-refractivity contribution in [2.45, 2.75) is 40.2 Å². The van der Waals surface area contributed by atoms with E-state index in [0.717, 1.165) is 41.6 Å². The number of rotatable bonds is 5. The highest BCUT2D eigenvalue weighted by Crippen LogP contribution is 2.32. The number of hydrogen-bond acceptors (Lipinski definition) is 3. The molecular formula is C14H22N2O. The van der Waals surface area contributed by atoms with E-state index in [-0.39, 0.29) is 6.61 Å². The fraction of sp³-hybridized carbons (Fsp3) is 0.643. The first-order valence-electron chi connectivity index (χ1n) is 6.48. The molecule has 1 heterocycles. The molecule has 1 aromatic heterocycles. The molecule has 1 saturated carbocycles. The van der Waals surface area contributed by atoms with Crippen LogP contribution in [0.1, 0.15) is 36.6 Å². The highest BCUT2D eigenvalue weighted by atomic mass is 16.3. The molecule has 3 heteroatoms. The van der Waals surface area contributed by atoms with Crippen LogP contribution in [-0.2, 0) is 6.61 Å². The van der Waals surface area contributed by atoms with Gasteiger partial charge in [-0.3, -0.25) is 0 Å². The lowest BCUT2D eigenvalue weighted by Crippen LogP contribution is -2.28. The number of aliphatic hydroxyl groups is 1. The predicted molar refractivity (Wildman–Crippen MR) is 70.2 cm³/mol. The van der Waals surface area contributed by atoms with Gasteiger partial charge in [0.2, 0.25) is 0 Å². The van der Waals surface area contributed by atoms with E-state index in [1.165, 1.54) is 12.8 Å². The topological polar surface area (TPSA) is 36.4 Å². The Bertz CT molecular complexity index is 399. The van der Waals surface area contributed by atoms with Crippen LogP contribution in [0, 0.1) is 19.8 Å². The zero-order valence-electron chi connectivity index (χ0n) is 11.0. The van der Waals surface area contributed by atoms with E-state index < -0.39 is 0 Å². The first-order valence-corrected chi connectivity index (χ1v) is 6.48.